The third-order valence-corrected chi connectivity index (χ3v) is 3.31. The van der Waals surface area contributed by atoms with Crippen molar-refractivity contribution in [1.29, 1.82) is 0 Å². The van der Waals surface area contributed by atoms with E-state index in [-0.39, 0.29) is 0 Å². The van der Waals surface area contributed by atoms with Crippen molar-refractivity contribution in [3.63, 3.8) is 0 Å². The number of benzene rings is 3. The van der Waals surface area contributed by atoms with Gasteiger partial charge in [-0.3, -0.25) is 4.99 Å². The van der Waals surface area contributed by atoms with E-state index in [2.05, 4.69) is 29.3 Å². The number of nitrogens with zero attached hydrogens (tertiary/aromatic N) is 1. The van der Waals surface area contributed by atoms with Crippen molar-refractivity contribution in [1.82, 2.24) is 0 Å². The minimum Gasteiger partial charge on any atom is -0.325 e. The van der Waals surface area contributed by atoms with Gasteiger partial charge in [0.1, 0.15) is 0 Å². The van der Waals surface area contributed by atoms with Crippen LogP contribution in [0.1, 0.15) is 5.56 Å². The number of aliphatic imine (C=N–C) groups is 1. The Morgan fingerprint density at radius 3 is 2.30 bits per heavy atom. The fourth-order valence-corrected chi connectivity index (χ4v) is 2.35. The Hall–Kier alpha value is -2.45. The molecule has 0 fully saturated rings. The fraction of sp³-hybridized carbons (Fsp3) is 0.0556. The van der Waals surface area contributed by atoms with Crippen LogP contribution in [0.15, 0.2) is 77.8 Å². The highest BCUT2D eigenvalue weighted by Crippen LogP contribution is 2.21. The van der Waals surface area contributed by atoms with E-state index in [0.29, 0.717) is 6.54 Å². The predicted octanol–water partition coefficient (Wildman–Crippen LogP) is 3.92. The highest BCUT2D eigenvalue weighted by Gasteiger charge is 2.06. The normalized spacial score (nSPS) is 11.8. The highest BCUT2D eigenvalue weighted by molar-refractivity contribution is 6.12. The second-order valence-electron chi connectivity index (χ2n) is 4.62. The van der Waals surface area contributed by atoms with Gasteiger partial charge in [0, 0.05) is 12.1 Å². The maximum Gasteiger partial charge on any atom is 0.0633 e. The van der Waals surface area contributed by atoms with Crippen LogP contribution in [-0.4, -0.2) is 12.3 Å². The van der Waals surface area contributed by atoms with Crippen LogP contribution in [0.25, 0.3) is 10.8 Å². The molecule has 0 aliphatic heterocycles. The summed E-state index contributed by atoms with van der Waals surface area (Å²) in [5.41, 5.74) is 8.86. The van der Waals surface area contributed by atoms with Gasteiger partial charge in [0.05, 0.1) is 11.4 Å². The van der Waals surface area contributed by atoms with Crippen molar-refractivity contribution in [2.75, 3.05) is 6.54 Å². The summed E-state index contributed by atoms with van der Waals surface area (Å²) in [7, 11) is 0. The zero-order valence-electron chi connectivity index (χ0n) is 11.2. The Kier molecular flexibility index (Phi) is 3.57. The average Bonchev–Trinajstić information content (AvgIpc) is 2.53. The molecule has 0 radical (unpaired) electrons. The van der Waals surface area contributed by atoms with Crippen LogP contribution < -0.4 is 5.73 Å². The first-order valence-corrected chi connectivity index (χ1v) is 6.69. The summed E-state index contributed by atoms with van der Waals surface area (Å²) in [6.45, 7) is 0.420. The van der Waals surface area contributed by atoms with E-state index in [0.717, 1.165) is 17.0 Å². The van der Waals surface area contributed by atoms with Gasteiger partial charge in [0.15, 0.2) is 0 Å². The maximum atomic E-state index is 5.91. The van der Waals surface area contributed by atoms with Gasteiger partial charge < -0.3 is 5.73 Å². The van der Waals surface area contributed by atoms with E-state index in [1.807, 2.05) is 48.5 Å². The highest BCUT2D eigenvalue weighted by atomic mass is 14.8. The van der Waals surface area contributed by atoms with Gasteiger partial charge in [-0.25, -0.2) is 0 Å². The van der Waals surface area contributed by atoms with Crippen LogP contribution in [0.2, 0.25) is 0 Å². The first-order chi connectivity index (χ1) is 9.88. The second-order valence-corrected chi connectivity index (χ2v) is 4.62. The summed E-state index contributed by atoms with van der Waals surface area (Å²) in [6, 6.07) is 24.5. The van der Waals surface area contributed by atoms with E-state index in [9.17, 15) is 0 Å². The molecule has 0 saturated carbocycles. The minimum absolute atomic E-state index is 0.420. The molecule has 0 aliphatic rings. The largest absolute Gasteiger partial charge is 0.325 e. The fourth-order valence-electron chi connectivity index (χ4n) is 2.35. The lowest BCUT2D eigenvalue weighted by molar-refractivity contribution is 1.29. The zero-order chi connectivity index (χ0) is 13.8. The quantitative estimate of drug-likeness (QED) is 0.712. The summed E-state index contributed by atoms with van der Waals surface area (Å²) in [5, 5.41) is 2.40. The summed E-state index contributed by atoms with van der Waals surface area (Å²) >= 11 is 0. The number of rotatable bonds is 3. The van der Waals surface area contributed by atoms with Crippen LogP contribution >= 0.6 is 0 Å². The molecule has 0 amide bonds. The van der Waals surface area contributed by atoms with E-state index < -0.39 is 0 Å². The molecule has 0 aliphatic carbocycles. The molecule has 0 aromatic heterocycles. The van der Waals surface area contributed by atoms with Crippen LogP contribution in [0.4, 0.5) is 5.69 Å². The molecule has 2 nitrogen and oxygen atoms in total. The van der Waals surface area contributed by atoms with Gasteiger partial charge in [0.2, 0.25) is 0 Å². The summed E-state index contributed by atoms with van der Waals surface area (Å²) in [6.07, 6.45) is 0. The third kappa shape index (κ3) is 2.46. The number of hydrogen-bond donors (Lipinski definition) is 1. The van der Waals surface area contributed by atoms with Crippen molar-refractivity contribution in [2.24, 2.45) is 10.7 Å². The Morgan fingerprint density at radius 2 is 1.50 bits per heavy atom. The van der Waals surface area contributed by atoms with Gasteiger partial charge in [0.25, 0.3) is 0 Å². The molecule has 0 bridgehead atoms. The van der Waals surface area contributed by atoms with Crippen LogP contribution in [-0.2, 0) is 0 Å². The Bertz CT molecular complexity index is 740. The molecule has 0 saturated heterocycles. The summed E-state index contributed by atoms with van der Waals surface area (Å²) in [5.74, 6) is 0. The lowest BCUT2D eigenvalue weighted by Gasteiger charge is -2.08. The second kappa shape index (κ2) is 5.68. The topological polar surface area (TPSA) is 38.4 Å². The van der Waals surface area contributed by atoms with Crippen molar-refractivity contribution in [3.8, 4) is 0 Å². The van der Waals surface area contributed by atoms with Gasteiger partial charge in [-0.2, -0.15) is 0 Å². The molecule has 0 heterocycles. The summed E-state index contributed by atoms with van der Waals surface area (Å²) < 4.78 is 0. The molecule has 3 aromatic rings. The number of hydrogen-bond acceptors (Lipinski definition) is 2. The van der Waals surface area contributed by atoms with Crippen LogP contribution in [0.3, 0.4) is 0 Å². The predicted molar refractivity (Wildman–Crippen MR) is 85.6 cm³/mol. The SMILES string of the molecule is NC/C(=N\c1ccccc1)c1cccc2ccccc12. The van der Waals surface area contributed by atoms with Crippen molar-refractivity contribution in [2.45, 2.75) is 0 Å². The van der Waals surface area contributed by atoms with E-state index >= 15 is 0 Å². The van der Waals surface area contributed by atoms with Crippen LogP contribution in [0.5, 0.6) is 0 Å². The van der Waals surface area contributed by atoms with Crippen LogP contribution in [0, 0.1) is 0 Å². The zero-order valence-corrected chi connectivity index (χ0v) is 11.2. The number of nitrogens with two attached hydrogens (primary N) is 1. The molecule has 2 heteroatoms. The molecule has 0 atom stereocenters. The molecule has 20 heavy (non-hydrogen) atoms. The van der Waals surface area contributed by atoms with Gasteiger partial charge in [-0.1, -0.05) is 60.7 Å². The van der Waals surface area contributed by atoms with Crippen molar-refractivity contribution in [3.05, 3.63) is 78.4 Å². The Balaban J connectivity index is 2.15. The number of para-hydroxylation sites is 1. The van der Waals surface area contributed by atoms with Gasteiger partial charge in [-0.15, -0.1) is 0 Å². The molecular weight excluding hydrogens is 244 g/mol. The first-order valence-electron chi connectivity index (χ1n) is 6.69. The standard InChI is InChI=1S/C18H16N2/c19-13-18(20-15-9-2-1-3-10-15)17-12-6-8-14-7-4-5-11-16(14)17/h1-12H,13,19H2/b20-18+. The minimum atomic E-state index is 0.420. The number of fused-ring (bicyclic) bond motifs is 1. The van der Waals surface area contributed by atoms with Gasteiger partial charge in [-0.05, 0) is 22.9 Å². The lowest BCUT2D eigenvalue weighted by Crippen LogP contribution is -2.15. The van der Waals surface area contributed by atoms with Crippen molar-refractivity contribution >= 4 is 22.2 Å². The molecular formula is C18H16N2. The maximum absolute atomic E-state index is 5.91. The molecule has 0 unspecified atom stereocenters. The van der Waals surface area contributed by atoms with E-state index in [4.69, 9.17) is 5.73 Å². The Morgan fingerprint density at radius 1 is 0.800 bits per heavy atom. The van der Waals surface area contributed by atoms with Crippen molar-refractivity contribution < 1.29 is 0 Å². The molecule has 3 aromatic carbocycles. The monoisotopic (exact) mass is 260 g/mol. The third-order valence-electron chi connectivity index (χ3n) is 3.31. The van der Waals surface area contributed by atoms with Gasteiger partial charge >= 0.3 is 0 Å². The molecule has 0 spiro atoms. The summed E-state index contributed by atoms with van der Waals surface area (Å²) in [4.78, 5) is 4.69. The smallest absolute Gasteiger partial charge is 0.0633 e. The van der Waals surface area contributed by atoms with E-state index in [1.165, 1.54) is 10.8 Å². The molecule has 2 N–H and O–H groups in total. The first kappa shape index (κ1) is 12.6. The average molecular weight is 260 g/mol. The molecule has 3 rings (SSSR count). The molecule has 98 valence electrons. The lowest BCUT2D eigenvalue weighted by atomic mass is 10.0. The Labute approximate surface area is 118 Å². The van der Waals surface area contributed by atoms with E-state index in [1.54, 1.807) is 0 Å².